The zero-order valence-electron chi connectivity index (χ0n) is 8.89. The van der Waals surface area contributed by atoms with Crippen molar-refractivity contribution in [2.45, 2.75) is 32.7 Å². The Kier molecular flexibility index (Phi) is 5.48. The summed E-state index contributed by atoms with van der Waals surface area (Å²) in [7, 11) is 0. The summed E-state index contributed by atoms with van der Waals surface area (Å²) in [5.74, 6) is 0. The lowest BCUT2D eigenvalue weighted by Gasteiger charge is -2.16. The average molecular weight is 303 g/mol. The molecule has 1 unspecified atom stereocenters. The zero-order valence-corrected chi connectivity index (χ0v) is 11.0. The van der Waals surface area contributed by atoms with Crippen molar-refractivity contribution in [3.63, 3.8) is 0 Å². The molecule has 0 aromatic heterocycles. The molecule has 0 saturated carbocycles. The van der Waals surface area contributed by atoms with E-state index in [1.165, 1.54) is 15.6 Å². The van der Waals surface area contributed by atoms with E-state index in [1.807, 2.05) is 0 Å². The van der Waals surface area contributed by atoms with Crippen LogP contribution in [-0.2, 0) is 0 Å². The summed E-state index contributed by atoms with van der Waals surface area (Å²) in [6, 6.07) is 9.31. The molecule has 0 radical (unpaired) electrons. The SMILES string of the molecule is CCCNC(CC)c1ccc(I)cc1. The van der Waals surface area contributed by atoms with Crippen LogP contribution in [0.2, 0.25) is 0 Å². The van der Waals surface area contributed by atoms with Crippen LogP contribution in [0.25, 0.3) is 0 Å². The van der Waals surface area contributed by atoms with Gasteiger partial charge in [0, 0.05) is 9.61 Å². The van der Waals surface area contributed by atoms with Gasteiger partial charge in [-0.2, -0.15) is 0 Å². The van der Waals surface area contributed by atoms with Gasteiger partial charge in [0.15, 0.2) is 0 Å². The van der Waals surface area contributed by atoms with E-state index in [0.29, 0.717) is 6.04 Å². The molecule has 1 rings (SSSR count). The van der Waals surface area contributed by atoms with Gasteiger partial charge < -0.3 is 5.32 Å². The van der Waals surface area contributed by atoms with E-state index in [0.717, 1.165) is 13.0 Å². The van der Waals surface area contributed by atoms with Crippen LogP contribution in [0.4, 0.5) is 0 Å². The third-order valence-corrected chi connectivity index (χ3v) is 3.04. The Morgan fingerprint density at radius 2 is 1.86 bits per heavy atom. The van der Waals surface area contributed by atoms with Crippen LogP contribution in [0.1, 0.15) is 38.3 Å². The lowest BCUT2D eigenvalue weighted by molar-refractivity contribution is 0.518. The molecule has 1 nitrogen and oxygen atoms in total. The molecule has 0 aliphatic heterocycles. The zero-order chi connectivity index (χ0) is 10.4. The molecule has 0 aliphatic carbocycles. The summed E-state index contributed by atoms with van der Waals surface area (Å²) in [5.41, 5.74) is 1.40. The maximum Gasteiger partial charge on any atom is 0.0317 e. The molecule has 0 saturated heterocycles. The first kappa shape index (κ1) is 12.0. The second-order valence-electron chi connectivity index (χ2n) is 3.47. The normalized spacial score (nSPS) is 12.8. The van der Waals surface area contributed by atoms with E-state index >= 15 is 0 Å². The molecule has 78 valence electrons. The topological polar surface area (TPSA) is 12.0 Å². The van der Waals surface area contributed by atoms with Crippen molar-refractivity contribution in [1.29, 1.82) is 0 Å². The Hall–Kier alpha value is -0.0900. The van der Waals surface area contributed by atoms with Gasteiger partial charge in [-0.25, -0.2) is 0 Å². The first-order chi connectivity index (χ1) is 6.77. The van der Waals surface area contributed by atoms with E-state index in [1.54, 1.807) is 0 Å². The van der Waals surface area contributed by atoms with Crippen molar-refractivity contribution in [2.24, 2.45) is 0 Å². The molecule has 1 N–H and O–H groups in total. The fourth-order valence-electron chi connectivity index (χ4n) is 1.51. The second-order valence-corrected chi connectivity index (χ2v) is 4.71. The van der Waals surface area contributed by atoms with Gasteiger partial charge in [-0.3, -0.25) is 0 Å². The average Bonchev–Trinajstić information content (AvgIpc) is 2.21. The highest BCUT2D eigenvalue weighted by Crippen LogP contribution is 2.17. The number of nitrogens with one attached hydrogen (secondary N) is 1. The van der Waals surface area contributed by atoms with E-state index < -0.39 is 0 Å². The van der Waals surface area contributed by atoms with Gasteiger partial charge in [-0.05, 0) is 59.7 Å². The minimum atomic E-state index is 0.520. The molecule has 0 heterocycles. The van der Waals surface area contributed by atoms with E-state index in [9.17, 15) is 0 Å². The predicted molar refractivity (Wildman–Crippen MR) is 70.5 cm³/mol. The molecule has 1 aromatic carbocycles. The summed E-state index contributed by atoms with van der Waals surface area (Å²) >= 11 is 2.34. The molecule has 2 heteroatoms. The van der Waals surface area contributed by atoms with Crippen LogP contribution in [0, 0.1) is 3.57 Å². The van der Waals surface area contributed by atoms with Crippen molar-refractivity contribution >= 4 is 22.6 Å². The van der Waals surface area contributed by atoms with Gasteiger partial charge in [-0.15, -0.1) is 0 Å². The highest BCUT2D eigenvalue weighted by Gasteiger charge is 2.06. The smallest absolute Gasteiger partial charge is 0.0317 e. The van der Waals surface area contributed by atoms with E-state index in [-0.39, 0.29) is 0 Å². The minimum absolute atomic E-state index is 0.520. The lowest BCUT2D eigenvalue weighted by Crippen LogP contribution is -2.21. The third-order valence-electron chi connectivity index (χ3n) is 2.32. The molecule has 0 amide bonds. The Balaban J connectivity index is 2.64. The maximum atomic E-state index is 3.55. The third kappa shape index (κ3) is 3.58. The number of hydrogen-bond donors (Lipinski definition) is 1. The number of hydrogen-bond acceptors (Lipinski definition) is 1. The lowest BCUT2D eigenvalue weighted by atomic mass is 10.0. The Labute approximate surface area is 100 Å². The van der Waals surface area contributed by atoms with Gasteiger partial charge >= 0.3 is 0 Å². The number of benzene rings is 1. The molecule has 0 spiro atoms. The summed E-state index contributed by atoms with van der Waals surface area (Å²) in [6.07, 6.45) is 2.35. The first-order valence-corrected chi connectivity index (χ1v) is 6.34. The molecular weight excluding hydrogens is 285 g/mol. The summed E-state index contributed by atoms with van der Waals surface area (Å²) in [6.45, 7) is 5.53. The van der Waals surface area contributed by atoms with Crippen molar-refractivity contribution in [1.82, 2.24) is 5.32 Å². The largest absolute Gasteiger partial charge is 0.310 e. The van der Waals surface area contributed by atoms with Gasteiger partial charge in [0.25, 0.3) is 0 Å². The minimum Gasteiger partial charge on any atom is -0.310 e. The maximum absolute atomic E-state index is 3.55. The van der Waals surface area contributed by atoms with Gasteiger partial charge in [-0.1, -0.05) is 26.0 Å². The highest BCUT2D eigenvalue weighted by atomic mass is 127. The fraction of sp³-hybridized carbons (Fsp3) is 0.500. The molecule has 14 heavy (non-hydrogen) atoms. The van der Waals surface area contributed by atoms with Crippen LogP contribution in [0.5, 0.6) is 0 Å². The van der Waals surface area contributed by atoms with Crippen LogP contribution >= 0.6 is 22.6 Å². The molecule has 1 aromatic rings. The molecule has 0 fully saturated rings. The quantitative estimate of drug-likeness (QED) is 0.817. The predicted octanol–water partition coefficient (Wildman–Crippen LogP) is 3.74. The number of rotatable bonds is 5. The van der Waals surface area contributed by atoms with Crippen LogP contribution in [-0.4, -0.2) is 6.54 Å². The summed E-state index contributed by atoms with van der Waals surface area (Å²) < 4.78 is 1.30. The van der Waals surface area contributed by atoms with Crippen LogP contribution in [0.15, 0.2) is 24.3 Å². The van der Waals surface area contributed by atoms with Crippen LogP contribution in [0.3, 0.4) is 0 Å². The Bertz CT molecular complexity index is 256. The Morgan fingerprint density at radius 3 is 2.36 bits per heavy atom. The highest BCUT2D eigenvalue weighted by molar-refractivity contribution is 14.1. The van der Waals surface area contributed by atoms with Gasteiger partial charge in [0.2, 0.25) is 0 Å². The van der Waals surface area contributed by atoms with Gasteiger partial charge in [0.05, 0.1) is 0 Å². The second kappa shape index (κ2) is 6.40. The molecule has 0 aliphatic rings. The first-order valence-electron chi connectivity index (χ1n) is 5.26. The summed E-state index contributed by atoms with van der Waals surface area (Å²) in [4.78, 5) is 0. The van der Waals surface area contributed by atoms with E-state index in [2.05, 4.69) is 66.0 Å². The number of halogens is 1. The molecular formula is C12H18IN. The van der Waals surface area contributed by atoms with Gasteiger partial charge in [0.1, 0.15) is 0 Å². The molecule has 0 bridgehead atoms. The monoisotopic (exact) mass is 303 g/mol. The fourth-order valence-corrected chi connectivity index (χ4v) is 1.87. The van der Waals surface area contributed by atoms with Crippen molar-refractivity contribution < 1.29 is 0 Å². The van der Waals surface area contributed by atoms with Crippen molar-refractivity contribution in [3.05, 3.63) is 33.4 Å². The van der Waals surface area contributed by atoms with Crippen molar-refractivity contribution in [3.8, 4) is 0 Å². The van der Waals surface area contributed by atoms with E-state index in [4.69, 9.17) is 0 Å². The Morgan fingerprint density at radius 1 is 1.21 bits per heavy atom. The van der Waals surface area contributed by atoms with Crippen LogP contribution < -0.4 is 5.32 Å². The summed E-state index contributed by atoms with van der Waals surface area (Å²) in [5, 5.41) is 3.55. The standard InChI is InChI=1S/C12H18IN/c1-3-9-14-12(4-2)10-5-7-11(13)8-6-10/h5-8,12,14H,3-4,9H2,1-2H3. The molecule has 1 atom stereocenters. The van der Waals surface area contributed by atoms with Crippen molar-refractivity contribution in [2.75, 3.05) is 6.54 Å².